The van der Waals surface area contributed by atoms with Crippen molar-refractivity contribution in [3.63, 3.8) is 0 Å². The molecular formula is C22H23N2O5+. The molecule has 1 aliphatic rings. The summed E-state index contributed by atoms with van der Waals surface area (Å²) >= 11 is 0. The minimum Gasteiger partial charge on any atom is -0.422 e. The summed E-state index contributed by atoms with van der Waals surface area (Å²) in [6, 6.07) is 11.1. The molecule has 0 radical (unpaired) electrons. The molecular weight excluding hydrogens is 372 g/mol. The van der Waals surface area contributed by atoms with Crippen LogP contribution in [0.15, 0.2) is 48.7 Å². The van der Waals surface area contributed by atoms with Gasteiger partial charge in [-0.25, -0.2) is 4.79 Å². The van der Waals surface area contributed by atoms with Crippen LogP contribution in [0.3, 0.4) is 0 Å². The van der Waals surface area contributed by atoms with E-state index in [4.69, 9.17) is 4.74 Å². The van der Waals surface area contributed by atoms with E-state index in [2.05, 4.69) is 0 Å². The fraction of sp³-hybridized carbons (Fsp3) is 0.227. The van der Waals surface area contributed by atoms with Crippen molar-refractivity contribution < 1.29 is 24.2 Å². The number of amides is 3. The van der Waals surface area contributed by atoms with E-state index in [9.17, 15) is 19.5 Å². The Bertz CT molecular complexity index is 1010. The van der Waals surface area contributed by atoms with Gasteiger partial charge in [0.2, 0.25) is 0 Å². The standard InChI is InChI=1S/C22H23N2O5/c1-14(25)15-8-10-16(11-9-15)20(26)18-6-5-7-19-17(18)12-13-24(19,22(28)29-4)21(27)23(2)3/h5-14,25H,1-4H3/q+1. The van der Waals surface area contributed by atoms with Crippen LogP contribution in [0.5, 0.6) is 0 Å². The van der Waals surface area contributed by atoms with Crippen LogP contribution in [-0.4, -0.2) is 49.1 Å². The zero-order valence-electron chi connectivity index (χ0n) is 16.7. The van der Waals surface area contributed by atoms with Crippen LogP contribution >= 0.6 is 0 Å². The first-order chi connectivity index (χ1) is 13.7. The summed E-state index contributed by atoms with van der Waals surface area (Å²) in [5, 5.41) is 9.65. The Morgan fingerprint density at radius 1 is 1.07 bits per heavy atom. The summed E-state index contributed by atoms with van der Waals surface area (Å²) < 4.78 is 4.14. The van der Waals surface area contributed by atoms with Gasteiger partial charge in [-0.1, -0.05) is 34.8 Å². The molecule has 0 saturated carbocycles. The van der Waals surface area contributed by atoms with Gasteiger partial charge in [-0.2, -0.15) is 4.79 Å². The lowest BCUT2D eigenvalue weighted by atomic mass is 9.96. The number of hydrogen-bond acceptors (Lipinski definition) is 5. The molecule has 1 aliphatic heterocycles. The third-order valence-electron chi connectivity index (χ3n) is 4.97. The molecule has 3 amide bonds. The van der Waals surface area contributed by atoms with Gasteiger partial charge >= 0.3 is 12.1 Å². The highest BCUT2D eigenvalue weighted by Crippen LogP contribution is 2.40. The van der Waals surface area contributed by atoms with E-state index in [1.54, 1.807) is 69.6 Å². The van der Waals surface area contributed by atoms with Crippen molar-refractivity contribution >= 4 is 29.7 Å². The number of benzene rings is 2. The van der Waals surface area contributed by atoms with Crippen molar-refractivity contribution in [2.45, 2.75) is 13.0 Å². The second kappa shape index (κ2) is 7.62. The largest absolute Gasteiger partial charge is 0.535 e. The topological polar surface area (TPSA) is 83.9 Å². The number of fused-ring (bicyclic) bond motifs is 1. The van der Waals surface area contributed by atoms with Crippen LogP contribution in [0.25, 0.3) is 6.08 Å². The van der Waals surface area contributed by atoms with Crippen LogP contribution in [0.1, 0.15) is 40.1 Å². The number of carbonyl (C=O) groups is 3. The lowest BCUT2D eigenvalue weighted by Gasteiger charge is -2.27. The summed E-state index contributed by atoms with van der Waals surface area (Å²) in [5.74, 6) is -0.245. The molecule has 0 saturated heterocycles. The maximum atomic E-state index is 13.1. The molecule has 1 N–H and O–H groups in total. The van der Waals surface area contributed by atoms with Gasteiger partial charge in [-0.05, 0) is 18.6 Å². The number of ketones is 1. The number of quaternary nitrogens is 1. The number of rotatable bonds is 3. The van der Waals surface area contributed by atoms with Crippen LogP contribution in [0, 0.1) is 0 Å². The molecule has 1 heterocycles. The number of aliphatic hydroxyl groups is 1. The van der Waals surface area contributed by atoms with E-state index in [1.165, 1.54) is 18.2 Å². The number of carbonyl (C=O) groups excluding carboxylic acids is 3. The first-order valence-electron chi connectivity index (χ1n) is 9.08. The van der Waals surface area contributed by atoms with Crippen molar-refractivity contribution in [1.82, 2.24) is 9.38 Å². The average molecular weight is 395 g/mol. The minimum absolute atomic E-state index is 0.245. The highest BCUT2D eigenvalue weighted by Gasteiger charge is 2.53. The van der Waals surface area contributed by atoms with Gasteiger partial charge in [0, 0.05) is 37.4 Å². The monoisotopic (exact) mass is 395 g/mol. The molecule has 150 valence electrons. The highest BCUT2D eigenvalue weighted by molar-refractivity contribution is 6.16. The average Bonchev–Trinajstić information content (AvgIpc) is 3.12. The Kier molecular flexibility index (Phi) is 5.37. The molecule has 29 heavy (non-hydrogen) atoms. The second-order valence-electron chi connectivity index (χ2n) is 7.05. The Morgan fingerprint density at radius 2 is 1.72 bits per heavy atom. The Morgan fingerprint density at radius 3 is 2.28 bits per heavy atom. The van der Waals surface area contributed by atoms with Gasteiger partial charge in [-0.3, -0.25) is 9.69 Å². The van der Waals surface area contributed by atoms with Gasteiger partial charge in [0.25, 0.3) is 0 Å². The second-order valence-corrected chi connectivity index (χ2v) is 7.05. The van der Waals surface area contributed by atoms with Crippen LogP contribution in [0.2, 0.25) is 0 Å². The first kappa shape index (κ1) is 20.4. The number of methoxy groups -OCH3 is 1. The van der Waals surface area contributed by atoms with Crippen molar-refractivity contribution in [3.05, 3.63) is 70.9 Å². The summed E-state index contributed by atoms with van der Waals surface area (Å²) in [7, 11) is 4.32. The lowest BCUT2D eigenvalue weighted by Crippen LogP contribution is -2.57. The molecule has 7 nitrogen and oxygen atoms in total. The molecule has 7 heteroatoms. The van der Waals surface area contributed by atoms with Gasteiger partial charge in [0.15, 0.2) is 11.5 Å². The lowest BCUT2D eigenvalue weighted by molar-refractivity contribution is 0.103. The third kappa shape index (κ3) is 3.24. The van der Waals surface area contributed by atoms with Gasteiger partial charge in [-0.15, -0.1) is 0 Å². The normalized spacial score (nSPS) is 18.1. The molecule has 0 spiro atoms. The molecule has 3 rings (SSSR count). The van der Waals surface area contributed by atoms with Crippen LogP contribution < -0.4 is 4.48 Å². The zero-order valence-corrected chi connectivity index (χ0v) is 16.7. The Labute approximate surface area is 169 Å². The SMILES string of the molecule is COC(=O)[N+]1(C(=O)N(C)C)C=Cc2c(C(=O)c3ccc(C(C)O)cc3)cccc21. The number of imide groups is 1. The molecule has 2 atom stereocenters. The van der Waals surface area contributed by atoms with E-state index in [-0.39, 0.29) is 5.78 Å². The van der Waals surface area contributed by atoms with Gasteiger partial charge < -0.3 is 9.84 Å². The quantitative estimate of drug-likeness (QED) is 0.633. The summed E-state index contributed by atoms with van der Waals surface area (Å²) in [6.07, 6.45) is 1.65. The molecule has 0 bridgehead atoms. The summed E-state index contributed by atoms with van der Waals surface area (Å²) in [4.78, 5) is 40.0. The van der Waals surface area contributed by atoms with Crippen LogP contribution in [-0.2, 0) is 4.74 Å². The van der Waals surface area contributed by atoms with Gasteiger partial charge in [0.1, 0.15) is 6.20 Å². The smallest absolute Gasteiger partial charge is 0.422 e. The number of hydrogen-bond donors (Lipinski definition) is 1. The van der Waals surface area contributed by atoms with Crippen molar-refractivity contribution in [2.24, 2.45) is 0 Å². The fourth-order valence-electron chi connectivity index (χ4n) is 3.43. The number of ether oxygens (including phenoxy) is 1. The maximum absolute atomic E-state index is 13.1. The first-order valence-corrected chi connectivity index (χ1v) is 9.08. The van der Waals surface area contributed by atoms with E-state index < -0.39 is 22.7 Å². The van der Waals surface area contributed by atoms with Crippen molar-refractivity contribution in [1.29, 1.82) is 0 Å². The van der Waals surface area contributed by atoms with Crippen molar-refractivity contribution in [2.75, 3.05) is 21.2 Å². The van der Waals surface area contributed by atoms with E-state index in [1.807, 2.05) is 0 Å². The number of aliphatic hydroxyl groups excluding tert-OH is 1. The van der Waals surface area contributed by atoms with E-state index >= 15 is 0 Å². The predicted octanol–water partition coefficient (Wildman–Crippen LogP) is 3.71. The highest BCUT2D eigenvalue weighted by atomic mass is 16.5. The van der Waals surface area contributed by atoms with Crippen LogP contribution in [0.4, 0.5) is 15.3 Å². The zero-order chi connectivity index (χ0) is 21.3. The molecule has 2 aromatic carbocycles. The van der Waals surface area contributed by atoms with Gasteiger partial charge in [0.05, 0.1) is 18.8 Å². The van der Waals surface area contributed by atoms with Crippen molar-refractivity contribution in [3.8, 4) is 0 Å². The Balaban J connectivity index is 2.10. The molecule has 0 aromatic heterocycles. The molecule has 0 aliphatic carbocycles. The summed E-state index contributed by atoms with van der Waals surface area (Å²) in [6.45, 7) is 1.65. The maximum Gasteiger partial charge on any atom is 0.535 e. The molecule has 0 fully saturated rings. The summed E-state index contributed by atoms with van der Waals surface area (Å²) in [5.41, 5.74) is 2.38. The molecule has 2 unspecified atom stereocenters. The fourth-order valence-corrected chi connectivity index (χ4v) is 3.43. The van der Waals surface area contributed by atoms with E-state index in [0.717, 1.165) is 0 Å². The number of nitrogens with zero attached hydrogens (tertiary/aromatic N) is 2. The number of urea groups is 1. The molecule has 2 aromatic rings. The third-order valence-corrected chi connectivity index (χ3v) is 4.97. The minimum atomic E-state index is -0.777. The predicted molar refractivity (Wildman–Crippen MR) is 109 cm³/mol. The van der Waals surface area contributed by atoms with E-state index in [0.29, 0.717) is 27.9 Å². The Hall–Kier alpha value is -3.29.